The second kappa shape index (κ2) is 13.1. The van der Waals surface area contributed by atoms with Crippen LogP contribution in [0.5, 0.6) is 0 Å². The fourth-order valence-electron chi connectivity index (χ4n) is 3.59. The maximum Gasteiger partial charge on any atom is 0.328 e. The molecule has 1 saturated heterocycles. The third-order valence-electron chi connectivity index (χ3n) is 5.49. The number of piperidine rings is 1. The molecule has 2 heterocycles. The summed E-state index contributed by atoms with van der Waals surface area (Å²) in [6.45, 7) is 1.16. The molecule has 36 heavy (non-hydrogen) atoms. The number of carboxylic acid groups (broad SMARTS) is 1. The van der Waals surface area contributed by atoms with Crippen LogP contribution in [0.1, 0.15) is 34.5 Å². The van der Waals surface area contributed by atoms with Crippen molar-refractivity contribution < 1.29 is 28.7 Å². The first kappa shape index (κ1) is 27.3. The van der Waals surface area contributed by atoms with Crippen LogP contribution in [0, 0.1) is 5.92 Å². The minimum Gasteiger partial charge on any atom is -0.480 e. The zero-order valence-electron chi connectivity index (χ0n) is 19.2. The smallest absolute Gasteiger partial charge is 0.328 e. The lowest BCUT2D eigenvalue weighted by Gasteiger charge is -2.23. The van der Waals surface area contributed by atoms with Crippen LogP contribution in [-0.2, 0) is 20.9 Å². The standard InChI is InChI=1S/C24H26Cl2N4O6/c25-17-9-14(11-28-20(31)6-5-16-4-2-8-36-16)10-18(26)21(17)23(33)30-19(24(34)35)13-29-22(32)15-3-1-7-27-12-15/h2,4-6,8-10,15,19,27H,1,3,7,11-13H2,(H,28,31)(H,29,32)(H,30,33)(H,34,35)/b6-5+. The molecule has 2 atom stereocenters. The van der Waals surface area contributed by atoms with Crippen LogP contribution in [0.4, 0.5) is 0 Å². The summed E-state index contributed by atoms with van der Waals surface area (Å²) in [5.74, 6) is -2.50. The van der Waals surface area contributed by atoms with E-state index in [0.29, 0.717) is 24.3 Å². The van der Waals surface area contributed by atoms with E-state index in [9.17, 15) is 24.3 Å². The van der Waals surface area contributed by atoms with Gasteiger partial charge in [0.05, 0.1) is 27.8 Å². The third-order valence-corrected chi connectivity index (χ3v) is 6.09. The van der Waals surface area contributed by atoms with E-state index in [0.717, 1.165) is 13.0 Å². The molecule has 3 amide bonds. The fourth-order valence-corrected chi connectivity index (χ4v) is 4.29. The topological polar surface area (TPSA) is 150 Å². The van der Waals surface area contributed by atoms with Crippen LogP contribution in [0.15, 0.2) is 41.0 Å². The molecule has 12 heteroatoms. The van der Waals surface area contributed by atoms with Crippen LogP contribution in [-0.4, -0.2) is 54.5 Å². The Morgan fingerprint density at radius 2 is 1.94 bits per heavy atom. The van der Waals surface area contributed by atoms with Crippen molar-refractivity contribution in [1.82, 2.24) is 21.3 Å². The van der Waals surface area contributed by atoms with Gasteiger partial charge >= 0.3 is 5.97 Å². The third kappa shape index (κ3) is 7.84. The van der Waals surface area contributed by atoms with Gasteiger partial charge in [-0.05, 0) is 55.3 Å². The highest BCUT2D eigenvalue weighted by atomic mass is 35.5. The summed E-state index contributed by atoms with van der Waals surface area (Å²) in [6.07, 6.45) is 5.87. The van der Waals surface area contributed by atoms with Gasteiger partial charge in [0, 0.05) is 25.7 Å². The molecule has 1 aliphatic rings. The Bertz CT molecular complexity index is 1110. The second-order valence-electron chi connectivity index (χ2n) is 8.15. The largest absolute Gasteiger partial charge is 0.480 e. The Labute approximate surface area is 217 Å². The molecule has 192 valence electrons. The number of furan rings is 1. The number of aliphatic carboxylic acids is 1. The Kier molecular flexibility index (Phi) is 9.92. The SMILES string of the molecule is O=C(/C=C/c1ccco1)NCc1cc(Cl)c(C(=O)NC(CNC(=O)C2CCCNC2)C(=O)O)c(Cl)c1. The zero-order valence-corrected chi connectivity index (χ0v) is 20.7. The van der Waals surface area contributed by atoms with Gasteiger partial charge in [-0.2, -0.15) is 0 Å². The summed E-state index contributed by atoms with van der Waals surface area (Å²) in [4.78, 5) is 48.7. The number of benzene rings is 1. The molecule has 0 aliphatic carbocycles. The van der Waals surface area contributed by atoms with Gasteiger partial charge in [-0.25, -0.2) is 4.79 Å². The van der Waals surface area contributed by atoms with Gasteiger partial charge in [0.25, 0.3) is 5.91 Å². The van der Waals surface area contributed by atoms with E-state index in [4.69, 9.17) is 27.6 Å². The van der Waals surface area contributed by atoms with E-state index >= 15 is 0 Å². The Balaban J connectivity index is 1.57. The van der Waals surface area contributed by atoms with Gasteiger partial charge in [-0.1, -0.05) is 23.2 Å². The average molecular weight is 537 g/mol. The monoisotopic (exact) mass is 536 g/mol. The average Bonchev–Trinajstić information content (AvgIpc) is 3.37. The van der Waals surface area contributed by atoms with E-state index in [1.807, 2.05) is 0 Å². The lowest BCUT2D eigenvalue weighted by atomic mass is 9.99. The number of halogens is 2. The predicted octanol–water partition coefficient (Wildman–Crippen LogP) is 2.21. The van der Waals surface area contributed by atoms with E-state index in [1.165, 1.54) is 30.5 Å². The van der Waals surface area contributed by atoms with Crippen LogP contribution in [0.25, 0.3) is 6.08 Å². The number of carbonyl (C=O) groups is 4. The first-order valence-corrected chi connectivity index (χ1v) is 12.0. The molecule has 1 aromatic heterocycles. The molecule has 3 rings (SSSR count). The minimum atomic E-state index is -1.38. The molecular weight excluding hydrogens is 511 g/mol. The quantitative estimate of drug-likeness (QED) is 0.292. The first-order chi connectivity index (χ1) is 17.2. The van der Waals surface area contributed by atoms with Gasteiger partial charge in [0.2, 0.25) is 11.8 Å². The van der Waals surface area contributed by atoms with Crippen LogP contribution < -0.4 is 21.3 Å². The lowest BCUT2D eigenvalue weighted by Crippen LogP contribution is -2.50. The Morgan fingerprint density at radius 1 is 1.19 bits per heavy atom. The Morgan fingerprint density at radius 3 is 2.56 bits per heavy atom. The number of rotatable bonds is 10. The van der Waals surface area contributed by atoms with Crippen molar-refractivity contribution in [1.29, 1.82) is 0 Å². The first-order valence-electron chi connectivity index (χ1n) is 11.2. The van der Waals surface area contributed by atoms with Crippen molar-refractivity contribution in [2.45, 2.75) is 25.4 Å². The maximum absolute atomic E-state index is 12.8. The summed E-state index contributed by atoms with van der Waals surface area (Å²) >= 11 is 12.5. The van der Waals surface area contributed by atoms with Crippen LogP contribution in [0.2, 0.25) is 10.0 Å². The van der Waals surface area contributed by atoms with Gasteiger partial charge in [0.15, 0.2) is 0 Å². The molecule has 1 fully saturated rings. The van der Waals surface area contributed by atoms with Crippen molar-refractivity contribution in [3.05, 3.63) is 63.5 Å². The molecule has 0 saturated carbocycles. The molecule has 1 aromatic carbocycles. The second-order valence-corrected chi connectivity index (χ2v) is 8.97. The van der Waals surface area contributed by atoms with E-state index in [2.05, 4.69) is 21.3 Å². The van der Waals surface area contributed by atoms with Crippen molar-refractivity contribution in [2.24, 2.45) is 5.92 Å². The van der Waals surface area contributed by atoms with Crippen LogP contribution >= 0.6 is 23.2 Å². The number of carboxylic acids is 1. The van der Waals surface area contributed by atoms with Gasteiger partial charge < -0.3 is 30.8 Å². The predicted molar refractivity (Wildman–Crippen MR) is 134 cm³/mol. The van der Waals surface area contributed by atoms with Crippen molar-refractivity contribution in [3.63, 3.8) is 0 Å². The van der Waals surface area contributed by atoms with Crippen molar-refractivity contribution >= 4 is 53.0 Å². The molecular formula is C24H26Cl2N4O6. The molecule has 0 radical (unpaired) electrons. The zero-order chi connectivity index (χ0) is 26.1. The summed E-state index contributed by atoms with van der Waals surface area (Å²) in [5.41, 5.74) is 0.421. The van der Waals surface area contributed by atoms with Gasteiger partial charge in [0.1, 0.15) is 11.8 Å². The van der Waals surface area contributed by atoms with Gasteiger partial charge in [-0.15, -0.1) is 0 Å². The van der Waals surface area contributed by atoms with E-state index < -0.39 is 17.9 Å². The summed E-state index contributed by atoms with van der Waals surface area (Å²) < 4.78 is 5.11. The highest BCUT2D eigenvalue weighted by molar-refractivity contribution is 6.39. The highest BCUT2D eigenvalue weighted by Gasteiger charge is 2.26. The molecule has 5 N–H and O–H groups in total. The summed E-state index contributed by atoms with van der Waals surface area (Å²) in [7, 11) is 0. The van der Waals surface area contributed by atoms with Crippen molar-refractivity contribution in [3.8, 4) is 0 Å². The number of amides is 3. The summed E-state index contributed by atoms with van der Waals surface area (Å²) in [6, 6.07) is 4.91. The normalized spacial score (nSPS) is 16.3. The molecule has 0 bridgehead atoms. The minimum absolute atomic E-state index is 0.0168. The molecule has 2 aromatic rings. The molecule has 10 nitrogen and oxygen atoms in total. The maximum atomic E-state index is 12.8. The molecule has 2 unspecified atom stereocenters. The van der Waals surface area contributed by atoms with Gasteiger partial charge in [-0.3, -0.25) is 14.4 Å². The Hall–Kier alpha value is -3.34. The van der Waals surface area contributed by atoms with E-state index in [1.54, 1.807) is 12.1 Å². The van der Waals surface area contributed by atoms with Crippen molar-refractivity contribution in [2.75, 3.05) is 19.6 Å². The number of hydrogen-bond donors (Lipinski definition) is 5. The highest BCUT2D eigenvalue weighted by Crippen LogP contribution is 2.27. The van der Waals surface area contributed by atoms with E-state index in [-0.39, 0.29) is 46.4 Å². The fraction of sp³-hybridized carbons (Fsp3) is 0.333. The number of carbonyl (C=O) groups excluding carboxylic acids is 3. The lowest BCUT2D eigenvalue weighted by molar-refractivity contribution is -0.139. The molecule has 0 spiro atoms. The summed E-state index contributed by atoms with van der Waals surface area (Å²) in [5, 5.41) is 20.2. The number of nitrogens with one attached hydrogen (secondary N) is 4. The number of hydrogen-bond acceptors (Lipinski definition) is 6. The van der Waals surface area contributed by atoms with Crippen LogP contribution in [0.3, 0.4) is 0 Å². The molecule has 1 aliphatic heterocycles.